The Hall–Kier alpha value is -2.59. The maximum Gasteiger partial charge on any atom is 0.270 e. The van der Waals surface area contributed by atoms with Gasteiger partial charge in [-0.05, 0) is 36.8 Å². The fraction of sp³-hybridized carbons (Fsp3) is 0.0588. The van der Waals surface area contributed by atoms with Crippen LogP contribution in [0.5, 0.6) is 0 Å². The number of nitrogens with zero attached hydrogens (tertiary/aromatic N) is 3. The summed E-state index contributed by atoms with van der Waals surface area (Å²) in [6.07, 6.45) is 4.85. The van der Waals surface area contributed by atoms with Crippen molar-refractivity contribution in [2.24, 2.45) is 0 Å². The van der Waals surface area contributed by atoms with Crippen molar-refractivity contribution in [3.8, 4) is 5.69 Å². The van der Waals surface area contributed by atoms with Crippen LogP contribution in [0.1, 0.15) is 11.1 Å². The van der Waals surface area contributed by atoms with E-state index in [9.17, 15) is 5.11 Å². The molecule has 0 saturated heterocycles. The average Bonchev–Trinajstić information content (AvgIpc) is 2.97. The molecule has 0 aliphatic rings. The standard InChI is InChI=1S/C17H14ClN3O/c1-13-2-8-16(9-3-13)20-11-19-21(12-20)10-17(22)14-4-6-15(18)7-5-14/h2-12H,1H3/b17-10-. The van der Waals surface area contributed by atoms with Crippen LogP contribution in [0.4, 0.5) is 0 Å². The first-order valence-electron chi connectivity index (χ1n) is 6.79. The van der Waals surface area contributed by atoms with Gasteiger partial charge in [0.2, 0.25) is 6.33 Å². The Morgan fingerprint density at radius 3 is 2.50 bits per heavy atom. The summed E-state index contributed by atoms with van der Waals surface area (Å²) < 4.78 is 3.35. The monoisotopic (exact) mass is 311 g/mol. The van der Waals surface area contributed by atoms with Gasteiger partial charge in [-0.3, -0.25) is 0 Å². The van der Waals surface area contributed by atoms with E-state index in [0.29, 0.717) is 10.6 Å². The maximum atomic E-state index is 12.1. The van der Waals surface area contributed by atoms with Crippen LogP contribution in [0.25, 0.3) is 17.6 Å². The van der Waals surface area contributed by atoms with Gasteiger partial charge >= 0.3 is 0 Å². The summed E-state index contributed by atoms with van der Waals surface area (Å²) >= 11 is 5.82. The van der Waals surface area contributed by atoms with Crippen molar-refractivity contribution < 1.29 is 9.67 Å². The second kappa shape index (κ2) is 6.03. The lowest BCUT2D eigenvalue weighted by atomic mass is 10.2. The molecule has 5 heteroatoms. The van der Waals surface area contributed by atoms with E-state index in [4.69, 9.17) is 11.6 Å². The summed E-state index contributed by atoms with van der Waals surface area (Å²) in [6.45, 7) is 2.04. The molecule has 0 aliphatic carbocycles. The summed E-state index contributed by atoms with van der Waals surface area (Å²) in [5.41, 5.74) is 2.76. The van der Waals surface area contributed by atoms with E-state index in [0.717, 1.165) is 5.69 Å². The van der Waals surface area contributed by atoms with Crippen molar-refractivity contribution in [1.82, 2.24) is 9.78 Å². The Morgan fingerprint density at radius 1 is 1.14 bits per heavy atom. The molecular formula is C17H14ClN3O. The van der Waals surface area contributed by atoms with Gasteiger partial charge in [-0.25, -0.2) is 4.57 Å². The first-order chi connectivity index (χ1) is 10.6. The van der Waals surface area contributed by atoms with Crippen molar-refractivity contribution in [2.75, 3.05) is 0 Å². The fourth-order valence-corrected chi connectivity index (χ4v) is 2.15. The van der Waals surface area contributed by atoms with E-state index in [-0.39, 0.29) is 5.76 Å². The molecular weight excluding hydrogens is 298 g/mol. The Morgan fingerprint density at radius 2 is 1.82 bits per heavy atom. The lowest BCUT2D eigenvalue weighted by Crippen LogP contribution is -2.27. The van der Waals surface area contributed by atoms with Crippen LogP contribution < -0.4 is 9.67 Å². The molecule has 0 unspecified atom stereocenters. The van der Waals surface area contributed by atoms with Crippen LogP contribution in [0.3, 0.4) is 0 Å². The average molecular weight is 312 g/mol. The lowest BCUT2D eigenvalue weighted by Gasteiger charge is -2.09. The number of aromatic nitrogens is 3. The molecule has 3 rings (SSSR count). The predicted octanol–water partition coefficient (Wildman–Crippen LogP) is 2.44. The molecule has 0 saturated carbocycles. The molecule has 0 amide bonds. The van der Waals surface area contributed by atoms with E-state index in [2.05, 4.69) is 5.10 Å². The first-order valence-corrected chi connectivity index (χ1v) is 7.17. The van der Waals surface area contributed by atoms with Gasteiger partial charge < -0.3 is 5.11 Å². The molecule has 0 spiro atoms. The summed E-state index contributed by atoms with van der Waals surface area (Å²) in [7, 11) is 0. The third kappa shape index (κ3) is 3.18. The zero-order chi connectivity index (χ0) is 15.5. The quantitative estimate of drug-likeness (QED) is 0.551. The molecule has 0 aliphatic heterocycles. The van der Waals surface area contributed by atoms with E-state index in [1.807, 2.05) is 35.8 Å². The first kappa shape index (κ1) is 14.4. The summed E-state index contributed by atoms with van der Waals surface area (Å²) in [6, 6.07) is 14.8. The number of hydrogen-bond donors (Lipinski definition) is 0. The largest absolute Gasteiger partial charge is 0.870 e. The van der Waals surface area contributed by atoms with Crippen molar-refractivity contribution in [1.29, 1.82) is 0 Å². The number of aryl methyl sites for hydroxylation is 1. The van der Waals surface area contributed by atoms with Gasteiger partial charge in [-0.15, -0.1) is 0 Å². The molecule has 4 nitrogen and oxygen atoms in total. The zero-order valence-corrected chi connectivity index (χ0v) is 12.7. The van der Waals surface area contributed by atoms with Gasteiger partial charge in [0.25, 0.3) is 6.33 Å². The van der Waals surface area contributed by atoms with Gasteiger partial charge in [-0.2, -0.15) is 0 Å². The smallest absolute Gasteiger partial charge is 0.270 e. The normalized spacial score (nSPS) is 11.6. The molecule has 0 radical (unpaired) electrons. The minimum absolute atomic E-state index is 0.129. The minimum Gasteiger partial charge on any atom is -0.870 e. The summed E-state index contributed by atoms with van der Waals surface area (Å²) in [5, 5.41) is 16.9. The van der Waals surface area contributed by atoms with Gasteiger partial charge in [0.05, 0.1) is 6.20 Å². The number of rotatable bonds is 3. The van der Waals surface area contributed by atoms with E-state index < -0.39 is 0 Å². The lowest BCUT2D eigenvalue weighted by molar-refractivity contribution is -0.596. The van der Waals surface area contributed by atoms with Gasteiger partial charge in [0.15, 0.2) is 0 Å². The Balaban J connectivity index is 1.85. The highest BCUT2D eigenvalue weighted by atomic mass is 35.5. The predicted molar refractivity (Wildman–Crippen MR) is 84.1 cm³/mol. The van der Waals surface area contributed by atoms with Gasteiger partial charge in [0, 0.05) is 10.1 Å². The van der Waals surface area contributed by atoms with Gasteiger partial charge in [-0.1, -0.05) is 51.9 Å². The number of halogens is 1. The Labute approximate surface area is 133 Å². The second-order valence-corrected chi connectivity index (χ2v) is 5.41. The van der Waals surface area contributed by atoms with Crippen LogP contribution in [0.15, 0.2) is 61.2 Å². The van der Waals surface area contributed by atoms with E-state index in [1.54, 1.807) is 36.9 Å². The van der Waals surface area contributed by atoms with Crippen LogP contribution in [0, 0.1) is 6.92 Å². The Kier molecular flexibility index (Phi) is 3.94. The van der Waals surface area contributed by atoms with Crippen molar-refractivity contribution in [3.05, 3.63) is 77.3 Å². The zero-order valence-electron chi connectivity index (χ0n) is 12.0. The molecule has 2 aromatic carbocycles. The Bertz CT molecular complexity index is 805. The number of benzene rings is 2. The van der Waals surface area contributed by atoms with Crippen molar-refractivity contribution in [2.45, 2.75) is 6.92 Å². The topological polar surface area (TPSA) is 44.8 Å². The van der Waals surface area contributed by atoms with Gasteiger partial charge in [0.1, 0.15) is 5.69 Å². The van der Waals surface area contributed by atoms with E-state index in [1.165, 1.54) is 16.4 Å². The van der Waals surface area contributed by atoms with Crippen molar-refractivity contribution in [3.63, 3.8) is 0 Å². The minimum atomic E-state index is -0.129. The summed E-state index contributed by atoms with van der Waals surface area (Å²) in [5.74, 6) is -0.129. The van der Waals surface area contributed by atoms with Crippen LogP contribution in [-0.4, -0.2) is 9.78 Å². The molecule has 1 aromatic heterocycles. The van der Waals surface area contributed by atoms with Crippen LogP contribution >= 0.6 is 11.6 Å². The molecule has 110 valence electrons. The van der Waals surface area contributed by atoms with Crippen LogP contribution in [0.2, 0.25) is 5.02 Å². The van der Waals surface area contributed by atoms with Crippen molar-refractivity contribution >= 4 is 23.6 Å². The SMILES string of the molecule is Cc1ccc(-[n+]2cnn(/C=C(\[O-])c3ccc(Cl)cc3)c2)cc1. The highest BCUT2D eigenvalue weighted by molar-refractivity contribution is 6.30. The third-order valence-electron chi connectivity index (χ3n) is 3.26. The molecule has 0 fully saturated rings. The number of hydrogen-bond acceptors (Lipinski definition) is 2. The summed E-state index contributed by atoms with van der Waals surface area (Å²) in [4.78, 5) is 0. The molecule has 0 atom stereocenters. The van der Waals surface area contributed by atoms with E-state index >= 15 is 0 Å². The molecule has 3 aromatic rings. The highest BCUT2D eigenvalue weighted by Gasteiger charge is 2.06. The highest BCUT2D eigenvalue weighted by Crippen LogP contribution is 2.14. The molecule has 1 heterocycles. The molecule has 0 N–H and O–H groups in total. The molecule has 0 bridgehead atoms. The maximum absolute atomic E-state index is 12.1. The molecule has 22 heavy (non-hydrogen) atoms. The fourth-order valence-electron chi connectivity index (χ4n) is 2.03. The second-order valence-electron chi connectivity index (χ2n) is 4.97. The van der Waals surface area contributed by atoms with Crippen LogP contribution in [-0.2, 0) is 0 Å². The third-order valence-corrected chi connectivity index (χ3v) is 3.51.